The fourth-order valence-electron chi connectivity index (χ4n) is 5.75. The largest absolute Gasteiger partial charge is 0.487 e. The highest BCUT2D eigenvalue weighted by Gasteiger charge is 2.34. The number of methoxy groups -OCH3 is 1. The molecule has 8 nitrogen and oxygen atoms in total. The lowest BCUT2D eigenvalue weighted by Gasteiger charge is -2.25. The van der Waals surface area contributed by atoms with Gasteiger partial charge in [0.05, 0.1) is 48.6 Å². The predicted molar refractivity (Wildman–Crippen MR) is 207 cm³/mol. The first-order chi connectivity index (χ1) is 23.5. The van der Waals surface area contributed by atoms with Gasteiger partial charge in [0.1, 0.15) is 12.4 Å². The van der Waals surface area contributed by atoms with E-state index in [0.717, 1.165) is 35.0 Å². The lowest BCUT2D eigenvalue weighted by Crippen LogP contribution is -2.40. The number of allylic oxidation sites excluding steroid dienone is 1. The monoisotopic (exact) mass is 898 g/mol. The van der Waals surface area contributed by atoms with Crippen LogP contribution in [0.5, 0.6) is 5.75 Å². The van der Waals surface area contributed by atoms with E-state index in [4.69, 9.17) is 19.2 Å². The molecule has 0 unspecified atom stereocenters. The van der Waals surface area contributed by atoms with Crippen molar-refractivity contribution in [1.29, 1.82) is 0 Å². The summed E-state index contributed by atoms with van der Waals surface area (Å²) in [5, 5.41) is 2.33. The highest BCUT2D eigenvalue weighted by Crippen LogP contribution is 2.33. The zero-order chi connectivity index (χ0) is 34.8. The summed E-state index contributed by atoms with van der Waals surface area (Å²) < 4.78 is 20.6. The van der Waals surface area contributed by atoms with Crippen molar-refractivity contribution >= 4 is 85.3 Å². The molecule has 11 heteroatoms. The van der Waals surface area contributed by atoms with Gasteiger partial charge in [-0.25, -0.2) is 9.79 Å². The second-order valence-electron chi connectivity index (χ2n) is 11.8. The lowest BCUT2D eigenvalue weighted by atomic mass is 9.94. The molecular weight excluding hydrogens is 866 g/mol. The van der Waals surface area contributed by atoms with Gasteiger partial charge in [0.25, 0.3) is 5.56 Å². The molecule has 2 heterocycles. The molecule has 4 aromatic carbocycles. The van der Waals surface area contributed by atoms with Gasteiger partial charge in [-0.15, -0.1) is 0 Å². The Morgan fingerprint density at radius 2 is 1.69 bits per heavy atom. The number of thiazole rings is 1. The molecule has 0 spiro atoms. The van der Waals surface area contributed by atoms with E-state index >= 15 is 0 Å². The molecule has 1 aliphatic rings. The highest BCUT2D eigenvalue weighted by molar-refractivity contribution is 14.1. The zero-order valence-corrected chi connectivity index (χ0v) is 32.3. The number of halogens is 2. The van der Waals surface area contributed by atoms with Gasteiger partial charge in [-0.2, -0.15) is 0 Å². The minimum Gasteiger partial charge on any atom is -0.487 e. The third-order valence-corrected chi connectivity index (χ3v) is 10.6. The van der Waals surface area contributed by atoms with Gasteiger partial charge in [0.2, 0.25) is 0 Å². The van der Waals surface area contributed by atoms with Crippen LogP contribution in [0.2, 0.25) is 0 Å². The summed E-state index contributed by atoms with van der Waals surface area (Å²) in [6.07, 6.45) is 1.61. The molecule has 0 aliphatic carbocycles. The summed E-state index contributed by atoms with van der Waals surface area (Å²) in [6, 6.07) is 24.9. The number of carbonyl (C=O) groups excluding carboxylic acids is 2. The smallest absolute Gasteiger partial charge is 0.338 e. The second-order valence-corrected chi connectivity index (χ2v) is 15.1. The van der Waals surface area contributed by atoms with Gasteiger partial charge in [0, 0.05) is 0 Å². The number of fused-ring (bicyclic) bond motifs is 2. The molecule has 49 heavy (non-hydrogen) atoms. The van der Waals surface area contributed by atoms with E-state index < -0.39 is 12.0 Å². The number of esters is 2. The van der Waals surface area contributed by atoms with Crippen LogP contribution in [-0.4, -0.2) is 29.7 Å². The first-order valence-electron chi connectivity index (χ1n) is 15.5. The standard InChI is InChI=1S/C38H32I2N2O6S/c1-21(2)48-37(45)33-22(3)41-38-42(34(33)26-14-12-23(13-15-26)19-32(43)46-4)36(44)31(49-38)18-24-16-29(39)35(30(40)17-24)47-20-27-10-7-9-25-8-5-6-11-28(25)27/h5-18,21,34H,19-20H2,1-4H3/b31-18+/t34-/m0/s1. The summed E-state index contributed by atoms with van der Waals surface area (Å²) in [5.41, 5.74) is 3.91. The van der Waals surface area contributed by atoms with Crippen LogP contribution in [-0.2, 0) is 32.1 Å². The van der Waals surface area contributed by atoms with Crippen molar-refractivity contribution in [2.45, 2.75) is 45.9 Å². The van der Waals surface area contributed by atoms with E-state index in [0.29, 0.717) is 32.8 Å². The van der Waals surface area contributed by atoms with Gasteiger partial charge in [-0.05, 0) is 117 Å². The molecule has 0 amide bonds. The molecule has 0 saturated heterocycles. The fourth-order valence-corrected chi connectivity index (χ4v) is 8.93. The quantitative estimate of drug-likeness (QED) is 0.119. The van der Waals surface area contributed by atoms with Crippen molar-refractivity contribution in [3.05, 3.63) is 139 Å². The van der Waals surface area contributed by atoms with Crippen molar-refractivity contribution in [3.63, 3.8) is 0 Å². The predicted octanol–water partition coefficient (Wildman–Crippen LogP) is 6.84. The number of hydrogen-bond donors (Lipinski definition) is 0. The molecule has 0 radical (unpaired) electrons. The van der Waals surface area contributed by atoms with Crippen LogP contribution in [0, 0.1) is 7.14 Å². The van der Waals surface area contributed by atoms with E-state index in [1.807, 2.05) is 48.5 Å². The SMILES string of the molecule is COC(=O)Cc1ccc([C@H]2C(C(=O)OC(C)C)=C(C)N=c3s/c(=C/c4cc(I)c(OCc5cccc6ccccc56)c(I)c4)c(=O)n32)cc1. The summed E-state index contributed by atoms with van der Waals surface area (Å²) in [7, 11) is 1.35. The Hall–Kier alpha value is -3.82. The number of benzene rings is 4. The second kappa shape index (κ2) is 15.0. The minimum atomic E-state index is -0.762. The van der Waals surface area contributed by atoms with Crippen molar-refractivity contribution in [1.82, 2.24) is 4.57 Å². The van der Waals surface area contributed by atoms with Crippen LogP contribution in [0.15, 0.2) is 99.9 Å². The maximum atomic E-state index is 14.2. The van der Waals surface area contributed by atoms with Crippen molar-refractivity contribution in [2.24, 2.45) is 4.99 Å². The van der Waals surface area contributed by atoms with Crippen LogP contribution < -0.4 is 19.6 Å². The summed E-state index contributed by atoms with van der Waals surface area (Å²) in [5.74, 6) is -0.101. The third-order valence-electron chi connectivity index (χ3n) is 8.03. The van der Waals surface area contributed by atoms with Gasteiger partial charge in [-0.1, -0.05) is 78.1 Å². The van der Waals surface area contributed by atoms with Crippen molar-refractivity contribution in [2.75, 3.05) is 7.11 Å². The van der Waals surface area contributed by atoms with E-state index in [2.05, 4.69) is 69.4 Å². The number of hydrogen-bond acceptors (Lipinski definition) is 8. The zero-order valence-electron chi connectivity index (χ0n) is 27.2. The summed E-state index contributed by atoms with van der Waals surface area (Å²) in [6.45, 7) is 5.74. The lowest BCUT2D eigenvalue weighted by molar-refractivity contribution is -0.143. The Labute approximate surface area is 314 Å². The molecular formula is C38H32I2N2O6S. The first-order valence-corrected chi connectivity index (χ1v) is 18.5. The van der Waals surface area contributed by atoms with Crippen molar-refractivity contribution < 1.29 is 23.8 Å². The maximum absolute atomic E-state index is 14.2. The Bertz CT molecular complexity index is 2280. The normalized spacial score (nSPS) is 14.5. The fraction of sp³-hybridized carbons (Fsp3) is 0.211. The number of ether oxygens (including phenoxy) is 3. The number of carbonyl (C=O) groups is 2. The molecule has 1 atom stereocenters. The van der Waals surface area contributed by atoms with Crippen LogP contribution in [0.4, 0.5) is 0 Å². The number of aromatic nitrogens is 1. The Balaban J connectivity index is 1.36. The molecule has 0 bridgehead atoms. The van der Waals surface area contributed by atoms with E-state index in [9.17, 15) is 14.4 Å². The topological polar surface area (TPSA) is 96.2 Å². The van der Waals surface area contributed by atoms with Crippen LogP contribution >= 0.6 is 56.5 Å². The Morgan fingerprint density at radius 3 is 2.39 bits per heavy atom. The van der Waals surface area contributed by atoms with Crippen molar-refractivity contribution in [3.8, 4) is 5.75 Å². The molecule has 1 aromatic heterocycles. The summed E-state index contributed by atoms with van der Waals surface area (Å²) >= 11 is 5.81. The minimum absolute atomic E-state index is 0.112. The van der Waals surface area contributed by atoms with E-state index in [1.54, 1.807) is 37.5 Å². The van der Waals surface area contributed by atoms with Gasteiger partial charge in [0.15, 0.2) is 4.80 Å². The van der Waals surface area contributed by atoms with E-state index in [1.165, 1.54) is 23.8 Å². The highest BCUT2D eigenvalue weighted by atomic mass is 127. The summed E-state index contributed by atoms with van der Waals surface area (Å²) in [4.78, 5) is 44.7. The Kier molecular flexibility index (Phi) is 10.7. The molecule has 6 rings (SSSR count). The van der Waals surface area contributed by atoms with Gasteiger partial charge in [-0.3, -0.25) is 14.2 Å². The van der Waals surface area contributed by atoms with Crippen LogP contribution in [0.1, 0.15) is 49.1 Å². The molecule has 5 aromatic rings. The average Bonchev–Trinajstić information content (AvgIpc) is 3.37. The molecule has 250 valence electrons. The number of nitrogens with zero attached hydrogens (tertiary/aromatic N) is 2. The third kappa shape index (κ3) is 7.53. The molecule has 0 saturated carbocycles. The molecule has 0 N–H and O–H groups in total. The number of rotatable bonds is 9. The Morgan fingerprint density at radius 1 is 1.00 bits per heavy atom. The molecule has 1 aliphatic heterocycles. The molecule has 0 fully saturated rings. The maximum Gasteiger partial charge on any atom is 0.338 e. The van der Waals surface area contributed by atoms with Gasteiger partial charge < -0.3 is 14.2 Å². The van der Waals surface area contributed by atoms with Crippen LogP contribution in [0.3, 0.4) is 0 Å². The average molecular weight is 899 g/mol. The van der Waals surface area contributed by atoms with Gasteiger partial charge >= 0.3 is 11.9 Å². The first kappa shape index (κ1) is 35.0. The van der Waals surface area contributed by atoms with Crippen LogP contribution in [0.25, 0.3) is 16.8 Å². The van der Waals surface area contributed by atoms with E-state index in [-0.39, 0.29) is 24.1 Å².